The summed E-state index contributed by atoms with van der Waals surface area (Å²) >= 11 is 0. The van der Waals surface area contributed by atoms with Gasteiger partial charge in [0, 0.05) is 18.5 Å². The molecule has 0 saturated heterocycles. The van der Waals surface area contributed by atoms with E-state index < -0.39 is 0 Å². The van der Waals surface area contributed by atoms with E-state index in [0.29, 0.717) is 6.54 Å². The predicted octanol–water partition coefficient (Wildman–Crippen LogP) is 2.48. The second-order valence-corrected chi connectivity index (χ2v) is 5.34. The Morgan fingerprint density at radius 1 is 1.35 bits per heavy atom. The van der Waals surface area contributed by atoms with E-state index in [4.69, 9.17) is 5.73 Å². The van der Waals surface area contributed by atoms with E-state index in [2.05, 4.69) is 5.32 Å². The van der Waals surface area contributed by atoms with E-state index in [1.54, 1.807) is 0 Å². The minimum atomic E-state index is 0. The number of halogens is 1. The van der Waals surface area contributed by atoms with Crippen LogP contribution in [0.3, 0.4) is 0 Å². The molecule has 0 spiro atoms. The van der Waals surface area contributed by atoms with Crippen molar-refractivity contribution in [1.82, 2.24) is 5.32 Å². The van der Waals surface area contributed by atoms with E-state index in [-0.39, 0.29) is 30.3 Å². The number of hydrogen-bond donors (Lipinski definition) is 2. The lowest BCUT2D eigenvalue weighted by Crippen LogP contribution is -2.33. The monoisotopic (exact) mass is 262 g/mol. The van der Waals surface area contributed by atoms with Crippen LogP contribution in [-0.2, 0) is 4.79 Å². The quantitative estimate of drug-likeness (QED) is 0.773. The summed E-state index contributed by atoms with van der Waals surface area (Å²) in [5, 5.41) is 2.97. The van der Waals surface area contributed by atoms with Gasteiger partial charge in [0.05, 0.1) is 0 Å². The van der Waals surface area contributed by atoms with Gasteiger partial charge in [-0.2, -0.15) is 0 Å². The highest BCUT2D eigenvalue weighted by molar-refractivity contribution is 5.85. The molecule has 0 heterocycles. The number of hydrogen-bond acceptors (Lipinski definition) is 2. The van der Waals surface area contributed by atoms with Gasteiger partial charge in [0.15, 0.2) is 0 Å². The molecule has 1 amide bonds. The minimum absolute atomic E-state index is 0. The number of carbonyl (C=O) groups is 1. The smallest absolute Gasteiger partial charge is 0.222 e. The second kappa shape index (κ2) is 8.76. The molecule has 4 heteroatoms. The van der Waals surface area contributed by atoms with Crippen LogP contribution in [0, 0.1) is 11.8 Å². The normalized spacial score (nSPS) is 19.5. The molecule has 0 aliphatic heterocycles. The summed E-state index contributed by atoms with van der Waals surface area (Å²) in [7, 11) is 0. The highest BCUT2D eigenvalue weighted by atomic mass is 35.5. The molecule has 2 atom stereocenters. The largest absolute Gasteiger partial charge is 0.356 e. The van der Waals surface area contributed by atoms with Crippen LogP contribution in [-0.4, -0.2) is 18.5 Å². The van der Waals surface area contributed by atoms with Gasteiger partial charge in [-0.25, -0.2) is 0 Å². The Morgan fingerprint density at radius 2 is 1.94 bits per heavy atom. The van der Waals surface area contributed by atoms with Crippen molar-refractivity contribution >= 4 is 18.3 Å². The summed E-state index contributed by atoms with van der Waals surface area (Å²) in [6, 6.07) is 0.172. The van der Waals surface area contributed by atoms with Gasteiger partial charge in [-0.05, 0) is 25.7 Å². The molecule has 1 rings (SSSR count). The molecule has 1 fully saturated rings. The lowest BCUT2D eigenvalue weighted by molar-refractivity contribution is -0.125. The summed E-state index contributed by atoms with van der Waals surface area (Å²) in [5.74, 6) is 1.15. The fourth-order valence-corrected chi connectivity index (χ4v) is 2.45. The number of nitrogens with two attached hydrogens (primary N) is 1. The maximum atomic E-state index is 11.8. The summed E-state index contributed by atoms with van der Waals surface area (Å²) in [4.78, 5) is 11.8. The Bertz CT molecular complexity index is 215. The zero-order valence-corrected chi connectivity index (χ0v) is 11.9. The number of amides is 1. The van der Waals surface area contributed by atoms with Crippen molar-refractivity contribution in [2.24, 2.45) is 17.6 Å². The first-order valence-corrected chi connectivity index (χ1v) is 6.63. The molecule has 3 nitrogen and oxygen atoms in total. The highest BCUT2D eigenvalue weighted by Gasteiger charge is 2.21. The van der Waals surface area contributed by atoms with Crippen LogP contribution < -0.4 is 11.1 Å². The molecular weight excluding hydrogens is 236 g/mol. The van der Waals surface area contributed by atoms with Crippen LogP contribution in [0.5, 0.6) is 0 Å². The molecular formula is C13H27ClN2O. The molecule has 0 aromatic heterocycles. The highest BCUT2D eigenvalue weighted by Crippen LogP contribution is 2.30. The van der Waals surface area contributed by atoms with Gasteiger partial charge >= 0.3 is 0 Å². The van der Waals surface area contributed by atoms with Gasteiger partial charge in [0.2, 0.25) is 5.91 Å². The van der Waals surface area contributed by atoms with Crippen LogP contribution in [0.15, 0.2) is 0 Å². The maximum Gasteiger partial charge on any atom is 0.222 e. The maximum absolute atomic E-state index is 11.8. The van der Waals surface area contributed by atoms with Crippen LogP contribution in [0.25, 0.3) is 0 Å². The molecule has 0 aromatic carbocycles. The zero-order chi connectivity index (χ0) is 12.0. The topological polar surface area (TPSA) is 55.1 Å². The Morgan fingerprint density at radius 3 is 2.47 bits per heavy atom. The van der Waals surface area contributed by atoms with E-state index in [1.165, 1.54) is 25.7 Å². The van der Waals surface area contributed by atoms with E-state index in [9.17, 15) is 4.79 Å². The van der Waals surface area contributed by atoms with Crippen LogP contribution in [0.1, 0.15) is 52.4 Å². The Labute approximate surface area is 111 Å². The number of rotatable bonds is 6. The van der Waals surface area contributed by atoms with Crippen LogP contribution in [0.4, 0.5) is 0 Å². The van der Waals surface area contributed by atoms with Gasteiger partial charge in [-0.15, -0.1) is 12.4 Å². The third-order valence-corrected chi connectivity index (χ3v) is 3.51. The van der Waals surface area contributed by atoms with Crippen molar-refractivity contribution in [3.63, 3.8) is 0 Å². The Hall–Kier alpha value is -0.280. The molecule has 0 radical (unpaired) electrons. The molecule has 3 N–H and O–H groups in total. The van der Waals surface area contributed by atoms with Crippen molar-refractivity contribution in [1.29, 1.82) is 0 Å². The predicted molar refractivity (Wildman–Crippen MR) is 74.3 cm³/mol. The Kier molecular flexibility index (Phi) is 8.61. The average Bonchev–Trinajstić information content (AvgIpc) is 2.69. The summed E-state index contributed by atoms with van der Waals surface area (Å²) in [6.45, 7) is 4.72. The molecule has 17 heavy (non-hydrogen) atoms. The van der Waals surface area contributed by atoms with E-state index in [0.717, 1.165) is 18.8 Å². The first-order valence-electron chi connectivity index (χ1n) is 6.63. The molecule has 1 aliphatic carbocycles. The summed E-state index contributed by atoms with van der Waals surface area (Å²) in [6.07, 6.45) is 7.26. The van der Waals surface area contributed by atoms with Crippen LogP contribution >= 0.6 is 12.4 Å². The molecule has 0 bridgehead atoms. The zero-order valence-electron chi connectivity index (χ0n) is 11.1. The summed E-state index contributed by atoms with van der Waals surface area (Å²) < 4.78 is 0. The lowest BCUT2D eigenvalue weighted by atomic mass is 9.94. The Balaban J connectivity index is 0.00000256. The van der Waals surface area contributed by atoms with Gasteiger partial charge in [-0.1, -0.05) is 32.6 Å². The van der Waals surface area contributed by atoms with Crippen molar-refractivity contribution in [3.05, 3.63) is 0 Å². The standard InChI is InChI=1S/C13H26N2O.ClH/c1-10(9-12-5-3-4-6-12)13(16)15-8-7-11(2)14;/h10-12H,3-9,14H2,1-2H3,(H,15,16);1H. The van der Waals surface area contributed by atoms with E-state index in [1.807, 2.05) is 13.8 Å². The minimum Gasteiger partial charge on any atom is -0.356 e. The van der Waals surface area contributed by atoms with Crippen molar-refractivity contribution in [2.75, 3.05) is 6.54 Å². The van der Waals surface area contributed by atoms with E-state index >= 15 is 0 Å². The number of carbonyl (C=O) groups excluding carboxylic acids is 1. The van der Waals surface area contributed by atoms with Crippen molar-refractivity contribution in [3.8, 4) is 0 Å². The third-order valence-electron chi connectivity index (χ3n) is 3.51. The van der Waals surface area contributed by atoms with Gasteiger partial charge in [-0.3, -0.25) is 4.79 Å². The number of nitrogens with one attached hydrogen (secondary N) is 1. The molecule has 102 valence electrons. The van der Waals surface area contributed by atoms with Crippen LogP contribution in [0.2, 0.25) is 0 Å². The molecule has 1 saturated carbocycles. The first-order chi connectivity index (χ1) is 7.59. The fraction of sp³-hybridized carbons (Fsp3) is 0.923. The van der Waals surface area contributed by atoms with Crippen molar-refractivity contribution < 1.29 is 4.79 Å². The van der Waals surface area contributed by atoms with Gasteiger partial charge in [0.25, 0.3) is 0 Å². The SMILES string of the molecule is CC(N)CCNC(=O)C(C)CC1CCCC1.Cl. The molecule has 1 aliphatic rings. The summed E-state index contributed by atoms with van der Waals surface area (Å²) in [5.41, 5.74) is 5.64. The van der Waals surface area contributed by atoms with Gasteiger partial charge < -0.3 is 11.1 Å². The van der Waals surface area contributed by atoms with Crippen molar-refractivity contribution in [2.45, 2.75) is 58.4 Å². The lowest BCUT2D eigenvalue weighted by Gasteiger charge is -2.16. The second-order valence-electron chi connectivity index (χ2n) is 5.34. The third kappa shape index (κ3) is 6.89. The first kappa shape index (κ1) is 16.7. The average molecular weight is 263 g/mol. The van der Waals surface area contributed by atoms with Gasteiger partial charge in [0.1, 0.15) is 0 Å². The molecule has 0 aromatic rings. The fourth-order valence-electron chi connectivity index (χ4n) is 2.45. The molecule has 2 unspecified atom stereocenters.